The first-order valence-corrected chi connectivity index (χ1v) is 7.21. The standard InChI is InChI=1S/C14H17Cl2N3O/c1-9(15)14-17-11-8-10(16)4-5-12(11)19(14)7-6-13(20)18(2)3/h4-5,8-9H,6-7H2,1-3H3. The summed E-state index contributed by atoms with van der Waals surface area (Å²) in [6.45, 7) is 2.43. The Morgan fingerprint density at radius 2 is 2.15 bits per heavy atom. The summed E-state index contributed by atoms with van der Waals surface area (Å²) in [5, 5.41) is 0.413. The summed E-state index contributed by atoms with van der Waals surface area (Å²) in [5.41, 5.74) is 1.75. The molecule has 0 saturated heterocycles. The molecule has 1 heterocycles. The van der Waals surface area contributed by atoms with Gasteiger partial charge in [0.25, 0.3) is 0 Å². The summed E-state index contributed by atoms with van der Waals surface area (Å²) in [6.07, 6.45) is 0.414. The highest BCUT2D eigenvalue weighted by molar-refractivity contribution is 6.31. The monoisotopic (exact) mass is 313 g/mol. The molecule has 108 valence electrons. The van der Waals surface area contributed by atoms with E-state index in [9.17, 15) is 4.79 Å². The molecule has 0 saturated carbocycles. The third kappa shape index (κ3) is 3.07. The Labute approximate surface area is 128 Å². The number of imidazole rings is 1. The van der Waals surface area contributed by atoms with Crippen molar-refractivity contribution in [2.75, 3.05) is 14.1 Å². The molecule has 1 aromatic carbocycles. The molecule has 1 aromatic heterocycles. The van der Waals surface area contributed by atoms with Crippen LogP contribution in [0, 0.1) is 0 Å². The van der Waals surface area contributed by atoms with Crippen LogP contribution in [0.1, 0.15) is 24.5 Å². The molecular formula is C14H17Cl2N3O. The zero-order chi connectivity index (χ0) is 14.9. The fourth-order valence-electron chi connectivity index (χ4n) is 2.09. The number of fused-ring (bicyclic) bond motifs is 1. The van der Waals surface area contributed by atoms with Crippen LogP contribution in [-0.4, -0.2) is 34.5 Å². The number of carbonyl (C=O) groups excluding carboxylic acids is 1. The molecule has 4 nitrogen and oxygen atoms in total. The second-order valence-corrected chi connectivity index (χ2v) is 6.00. The molecule has 0 radical (unpaired) electrons. The van der Waals surface area contributed by atoms with Crippen LogP contribution in [-0.2, 0) is 11.3 Å². The Bertz CT molecular complexity index is 635. The van der Waals surface area contributed by atoms with E-state index in [-0.39, 0.29) is 11.3 Å². The Morgan fingerprint density at radius 3 is 2.75 bits per heavy atom. The molecule has 0 N–H and O–H groups in total. The molecule has 1 amide bonds. The van der Waals surface area contributed by atoms with Crippen molar-refractivity contribution >= 4 is 40.1 Å². The molecule has 0 aliphatic heterocycles. The van der Waals surface area contributed by atoms with E-state index in [2.05, 4.69) is 4.98 Å². The van der Waals surface area contributed by atoms with Gasteiger partial charge in [-0.05, 0) is 25.1 Å². The molecule has 2 aromatic rings. The van der Waals surface area contributed by atoms with Crippen molar-refractivity contribution in [1.29, 1.82) is 0 Å². The van der Waals surface area contributed by atoms with Crippen molar-refractivity contribution in [1.82, 2.24) is 14.5 Å². The lowest BCUT2D eigenvalue weighted by atomic mass is 10.3. The Morgan fingerprint density at radius 1 is 1.45 bits per heavy atom. The maximum Gasteiger partial charge on any atom is 0.223 e. The van der Waals surface area contributed by atoms with E-state index in [0.717, 1.165) is 16.9 Å². The minimum atomic E-state index is -0.226. The molecule has 1 unspecified atom stereocenters. The van der Waals surface area contributed by atoms with Gasteiger partial charge in [-0.25, -0.2) is 4.98 Å². The van der Waals surface area contributed by atoms with Crippen LogP contribution < -0.4 is 0 Å². The van der Waals surface area contributed by atoms with Crippen molar-refractivity contribution in [3.05, 3.63) is 29.0 Å². The van der Waals surface area contributed by atoms with Crippen molar-refractivity contribution in [3.8, 4) is 0 Å². The second-order valence-electron chi connectivity index (χ2n) is 4.91. The summed E-state index contributed by atoms with van der Waals surface area (Å²) in [7, 11) is 3.50. The summed E-state index contributed by atoms with van der Waals surface area (Å²) < 4.78 is 1.99. The third-order valence-electron chi connectivity index (χ3n) is 3.14. The highest BCUT2D eigenvalue weighted by atomic mass is 35.5. The topological polar surface area (TPSA) is 38.1 Å². The van der Waals surface area contributed by atoms with E-state index in [1.807, 2.05) is 29.7 Å². The number of alkyl halides is 1. The number of aromatic nitrogens is 2. The van der Waals surface area contributed by atoms with Gasteiger partial charge >= 0.3 is 0 Å². The molecule has 1 atom stereocenters. The van der Waals surface area contributed by atoms with Crippen LogP contribution in [0.25, 0.3) is 11.0 Å². The molecule has 2 rings (SSSR count). The summed E-state index contributed by atoms with van der Waals surface area (Å²) >= 11 is 12.2. The van der Waals surface area contributed by atoms with Gasteiger partial charge in [0.05, 0.1) is 16.4 Å². The largest absolute Gasteiger partial charge is 0.349 e. The van der Waals surface area contributed by atoms with Crippen molar-refractivity contribution in [3.63, 3.8) is 0 Å². The number of amides is 1. The zero-order valence-electron chi connectivity index (χ0n) is 11.7. The summed E-state index contributed by atoms with van der Waals surface area (Å²) in [4.78, 5) is 17.8. The van der Waals surface area contributed by atoms with Crippen LogP contribution in [0.4, 0.5) is 0 Å². The lowest BCUT2D eigenvalue weighted by Crippen LogP contribution is -2.23. The van der Waals surface area contributed by atoms with Crippen LogP contribution in [0.2, 0.25) is 5.02 Å². The van der Waals surface area contributed by atoms with E-state index >= 15 is 0 Å². The maximum atomic E-state index is 11.7. The quantitative estimate of drug-likeness (QED) is 0.811. The number of hydrogen-bond acceptors (Lipinski definition) is 2. The second kappa shape index (κ2) is 6.02. The predicted molar refractivity (Wildman–Crippen MR) is 82.3 cm³/mol. The highest BCUT2D eigenvalue weighted by Gasteiger charge is 2.16. The van der Waals surface area contributed by atoms with Crippen LogP contribution in [0.5, 0.6) is 0 Å². The molecule has 0 aliphatic carbocycles. The molecule has 6 heteroatoms. The van der Waals surface area contributed by atoms with Gasteiger partial charge in [0.1, 0.15) is 5.82 Å². The van der Waals surface area contributed by atoms with Crippen molar-refractivity contribution in [2.24, 2.45) is 0 Å². The lowest BCUT2D eigenvalue weighted by molar-refractivity contribution is -0.128. The van der Waals surface area contributed by atoms with Crippen molar-refractivity contribution < 1.29 is 4.79 Å². The summed E-state index contributed by atoms with van der Waals surface area (Å²) in [5.74, 6) is 0.837. The minimum absolute atomic E-state index is 0.0778. The third-order valence-corrected chi connectivity index (χ3v) is 3.57. The predicted octanol–water partition coefficient (Wildman–Crippen LogP) is 3.47. The Hall–Kier alpha value is -1.26. The number of carbonyl (C=O) groups is 1. The summed E-state index contributed by atoms with van der Waals surface area (Å²) in [6, 6.07) is 5.54. The first kappa shape index (κ1) is 15.1. The number of halogens is 2. The first-order valence-electron chi connectivity index (χ1n) is 6.40. The molecular weight excluding hydrogens is 297 g/mol. The van der Waals surface area contributed by atoms with E-state index in [1.54, 1.807) is 19.0 Å². The van der Waals surface area contributed by atoms with Gasteiger partial charge in [0, 0.05) is 32.1 Å². The Balaban J connectivity index is 2.39. The normalized spacial score (nSPS) is 12.7. The van der Waals surface area contributed by atoms with Crippen LogP contribution in [0.3, 0.4) is 0 Å². The van der Waals surface area contributed by atoms with Gasteiger partial charge in [-0.1, -0.05) is 11.6 Å². The van der Waals surface area contributed by atoms with Crippen molar-refractivity contribution in [2.45, 2.75) is 25.3 Å². The number of nitrogens with zero attached hydrogens (tertiary/aromatic N) is 3. The fourth-order valence-corrected chi connectivity index (χ4v) is 2.42. The van der Waals surface area contributed by atoms with Gasteiger partial charge < -0.3 is 9.47 Å². The van der Waals surface area contributed by atoms with Gasteiger partial charge in [-0.2, -0.15) is 0 Å². The Kier molecular flexibility index (Phi) is 4.55. The minimum Gasteiger partial charge on any atom is -0.349 e. The zero-order valence-corrected chi connectivity index (χ0v) is 13.2. The van der Waals surface area contributed by atoms with E-state index in [4.69, 9.17) is 23.2 Å². The average molecular weight is 314 g/mol. The lowest BCUT2D eigenvalue weighted by Gasteiger charge is -2.13. The molecule has 0 fully saturated rings. The smallest absolute Gasteiger partial charge is 0.223 e. The van der Waals surface area contributed by atoms with Gasteiger partial charge in [-0.15, -0.1) is 11.6 Å². The molecule has 0 bridgehead atoms. The van der Waals surface area contributed by atoms with Gasteiger partial charge in [0.2, 0.25) is 5.91 Å². The van der Waals surface area contributed by atoms with Crippen LogP contribution in [0.15, 0.2) is 18.2 Å². The van der Waals surface area contributed by atoms with Crippen LogP contribution >= 0.6 is 23.2 Å². The fraction of sp³-hybridized carbons (Fsp3) is 0.429. The maximum absolute atomic E-state index is 11.7. The SMILES string of the molecule is CC(Cl)c1nc2cc(Cl)ccc2n1CCC(=O)N(C)C. The number of hydrogen-bond donors (Lipinski definition) is 0. The molecule has 20 heavy (non-hydrogen) atoms. The van der Waals surface area contributed by atoms with Gasteiger partial charge in [-0.3, -0.25) is 4.79 Å². The van der Waals surface area contributed by atoms with E-state index < -0.39 is 0 Å². The molecule has 0 aliphatic rings. The van der Waals surface area contributed by atoms with Gasteiger partial charge in [0.15, 0.2) is 0 Å². The number of aryl methyl sites for hydroxylation is 1. The van der Waals surface area contributed by atoms with E-state index in [0.29, 0.717) is 18.0 Å². The molecule has 0 spiro atoms. The highest BCUT2D eigenvalue weighted by Crippen LogP contribution is 2.26. The average Bonchev–Trinajstić information content (AvgIpc) is 2.73. The first-order chi connectivity index (χ1) is 9.40. The number of rotatable bonds is 4. The van der Waals surface area contributed by atoms with E-state index in [1.165, 1.54) is 0 Å². The number of benzene rings is 1.